The van der Waals surface area contributed by atoms with Crippen molar-refractivity contribution in [2.24, 2.45) is 5.41 Å². The monoisotopic (exact) mass is 327 g/mol. The van der Waals surface area contributed by atoms with Crippen molar-refractivity contribution in [1.82, 2.24) is 10.6 Å². The molecule has 0 saturated carbocycles. The Hall–Kier alpha value is -1.51. The quantitative estimate of drug-likeness (QED) is 0.613. The maximum Gasteiger partial charge on any atom is 0.283 e. The molecule has 0 aliphatic carbocycles. The third kappa shape index (κ3) is 3.82. The molecule has 122 valence electrons. The average molecular weight is 327 g/mol. The summed E-state index contributed by atoms with van der Waals surface area (Å²) in [5.41, 5.74) is -0.0583. The molecule has 0 unspecified atom stereocenters. The number of amides is 1. The minimum Gasteiger partial charge on any atom is -0.384 e. The molecule has 0 aromatic carbocycles. The summed E-state index contributed by atoms with van der Waals surface area (Å²) in [6, 6.07) is 1.35. The molecule has 1 fully saturated rings. The molecule has 0 bridgehead atoms. The van der Waals surface area contributed by atoms with Gasteiger partial charge < -0.3 is 15.4 Å². The summed E-state index contributed by atoms with van der Waals surface area (Å²) in [6.07, 6.45) is 1.87. The normalized spacial score (nSPS) is 17.2. The molecule has 0 radical (unpaired) electrons. The molecular weight excluding hydrogens is 306 g/mol. The van der Waals surface area contributed by atoms with Crippen LogP contribution < -0.4 is 10.6 Å². The Bertz CT molecular complexity index is 547. The van der Waals surface area contributed by atoms with E-state index in [4.69, 9.17) is 4.74 Å². The number of carbonyl (C=O) groups excluding carboxylic acids is 1. The number of nitrogens with zero attached hydrogens (tertiary/aromatic N) is 1. The summed E-state index contributed by atoms with van der Waals surface area (Å²) in [5, 5.41) is 17.1. The van der Waals surface area contributed by atoms with Crippen molar-refractivity contribution in [1.29, 1.82) is 0 Å². The fraction of sp³-hybridized carbons (Fsp3) is 0.643. The Labute approximate surface area is 133 Å². The van der Waals surface area contributed by atoms with Crippen LogP contribution in [0.5, 0.6) is 0 Å². The molecule has 0 spiro atoms. The summed E-state index contributed by atoms with van der Waals surface area (Å²) in [4.78, 5) is 23.6. The lowest BCUT2D eigenvalue weighted by Gasteiger charge is -2.37. The second-order valence-electron chi connectivity index (χ2n) is 5.67. The minimum atomic E-state index is -0.457. The number of rotatable bonds is 6. The van der Waals surface area contributed by atoms with Gasteiger partial charge in [0.2, 0.25) is 0 Å². The second-order valence-corrected chi connectivity index (χ2v) is 6.93. The van der Waals surface area contributed by atoms with Crippen molar-refractivity contribution < 1.29 is 14.5 Å². The van der Waals surface area contributed by atoms with Crippen molar-refractivity contribution in [2.45, 2.75) is 19.8 Å². The lowest BCUT2D eigenvalue weighted by atomic mass is 9.79. The first-order chi connectivity index (χ1) is 10.5. The number of methoxy groups -OCH3 is 1. The van der Waals surface area contributed by atoms with Gasteiger partial charge in [0.25, 0.3) is 11.6 Å². The molecule has 1 aliphatic rings. The Balaban J connectivity index is 2.01. The lowest BCUT2D eigenvalue weighted by molar-refractivity contribution is -0.385. The molecule has 2 N–H and O–H groups in total. The molecule has 1 amide bonds. The maximum absolute atomic E-state index is 12.2. The minimum absolute atomic E-state index is 0.00335. The van der Waals surface area contributed by atoms with E-state index in [9.17, 15) is 14.9 Å². The van der Waals surface area contributed by atoms with Crippen LogP contribution in [-0.4, -0.2) is 44.2 Å². The van der Waals surface area contributed by atoms with Crippen LogP contribution in [0.4, 0.5) is 5.69 Å². The Morgan fingerprint density at radius 1 is 1.55 bits per heavy atom. The standard InChI is InChI=1S/C14H21N3O4S/c1-10-11(17(19)20)7-12(22-10)13(18)16-8-14(9-21-2)3-5-15-6-4-14/h7,15H,3-6,8-9H2,1-2H3,(H,16,18). The van der Waals surface area contributed by atoms with Gasteiger partial charge in [-0.25, -0.2) is 0 Å². The van der Waals surface area contributed by atoms with Crippen molar-refractivity contribution in [2.75, 3.05) is 33.4 Å². The third-order valence-electron chi connectivity index (χ3n) is 4.05. The third-order valence-corrected chi connectivity index (χ3v) is 5.09. The highest BCUT2D eigenvalue weighted by atomic mass is 32.1. The fourth-order valence-corrected chi connectivity index (χ4v) is 3.66. The Kier molecular flexibility index (Phi) is 5.49. The van der Waals surface area contributed by atoms with Crippen LogP contribution in [0.25, 0.3) is 0 Å². The van der Waals surface area contributed by atoms with Gasteiger partial charge in [-0.3, -0.25) is 14.9 Å². The fourth-order valence-electron chi connectivity index (χ4n) is 2.76. The van der Waals surface area contributed by atoms with E-state index >= 15 is 0 Å². The first kappa shape index (κ1) is 16.9. The summed E-state index contributed by atoms with van der Waals surface area (Å²) >= 11 is 1.15. The molecule has 2 heterocycles. The van der Waals surface area contributed by atoms with Gasteiger partial charge in [0, 0.05) is 25.1 Å². The highest BCUT2D eigenvalue weighted by Crippen LogP contribution is 2.30. The van der Waals surface area contributed by atoms with Gasteiger partial charge in [-0.2, -0.15) is 0 Å². The van der Waals surface area contributed by atoms with E-state index in [-0.39, 0.29) is 17.0 Å². The van der Waals surface area contributed by atoms with E-state index in [1.165, 1.54) is 6.07 Å². The van der Waals surface area contributed by atoms with Crippen LogP contribution in [0, 0.1) is 22.5 Å². The Morgan fingerprint density at radius 2 is 2.23 bits per heavy atom. The number of aryl methyl sites for hydroxylation is 1. The maximum atomic E-state index is 12.2. The first-order valence-corrected chi connectivity index (χ1v) is 8.02. The highest BCUT2D eigenvalue weighted by Gasteiger charge is 2.33. The number of nitrogens with one attached hydrogen (secondary N) is 2. The number of hydrogen-bond donors (Lipinski definition) is 2. The zero-order chi connectivity index (χ0) is 16.2. The van der Waals surface area contributed by atoms with Crippen molar-refractivity contribution >= 4 is 22.9 Å². The van der Waals surface area contributed by atoms with E-state index in [1.54, 1.807) is 14.0 Å². The Morgan fingerprint density at radius 3 is 2.77 bits per heavy atom. The molecule has 8 heteroatoms. The van der Waals surface area contributed by atoms with Gasteiger partial charge in [-0.1, -0.05) is 0 Å². The zero-order valence-electron chi connectivity index (χ0n) is 12.8. The number of carbonyl (C=O) groups is 1. The summed E-state index contributed by atoms with van der Waals surface area (Å²) in [5.74, 6) is -0.254. The largest absolute Gasteiger partial charge is 0.384 e. The van der Waals surface area contributed by atoms with Crippen LogP contribution in [0.3, 0.4) is 0 Å². The van der Waals surface area contributed by atoms with Crippen molar-refractivity contribution in [3.63, 3.8) is 0 Å². The van der Waals surface area contributed by atoms with E-state index in [0.717, 1.165) is 37.3 Å². The van der Waals surface area contributed by atoms with E-state index < -0.39 is 4.92 Å². The van der Waals surface area contributed by atoms with E-state index in [0.29, 0.717) is 22.9 Å². The van der Waals surface area contributed by atoms with Crippen LogP contribution in [0.15, 0.2) is 6.07 Å². The number of nitro groups is 1. The molecule has 2 rings (SSSR count). The van der Waals surface area contributed by atoms with Gasteiger partial charge in [0.1, 0.15) is 0 Å². The molecule has 7 nitrogen and oxygen atoms in total. The molecule has 1 aromatic rings. The predicted molar refractivity (Wildman–Crippen MR) is 84.5 cm³/mol. The number of hydrogen-bond acceptors (Lipinski definition) is 6. The van der Waals surface area contributed by atoms with Crippen LogP contribution in [-0.2, 0) is 4.74 Å². The number of thiophene rings is 1. The zero-order valence-corrected chi connectivity index (χ0v) is 13.6. The topological polar surface area (TPSA) is 93.5 Å². The van der Waals surface area contributed by atoms with Crippen LogP contribution >= 0.6 is 11.3 Å². The predicted octanol–water partition coefficient (Wildman–Crippen LogP) is 1.71. The summed E-state index contributed by atoms with van der Waals surface area (Å²) in [7, 11) is 1.66. The van der Waals surface area contributed by atoms with Gasteiger partial charge in [-0.05, 0) is 32.9 Å². The molecule has 1 saturated heterocycles. The SMILES string of the molecule is COCC1(CNC(=O)c2cc([N+](=O)[O-])c(C)s2)CCNCC1. The lowest BCUT2D eigenvalue weighted by Crippen LogP contribution is -2.47. The molecule has 1 aliphatic heterocycles. The second kappa shape index (κ2) is 7.17. The van der Waals surface area contributed by atoms with Gasteiger partial charge in [0.15, 0.2) is 0 Å². The van der Waals surface area contributed by atoms with Crippen molar-refractivity contribution in [3.05, 3.63) is 25.9 Å². The smallest absolute Gasteiger partial charge is 0.283 e. The molecule has 0 atom stereocenters. The average Bonchev–Trinajstić information content (AvgIpc) is 2.88. The van der Waals surface area contributed by atoms with Crippen LogP contribution in [0.1, 0.15) is 27.4 Å². The number of ether oxygens (including phenoxy) is 1. The van der Waals surface area contributed by atoms with E-state index in [1.807, 2.05) is 0 Å². The molecular formula is C14H21N3O4S. The summed E-state index contributed by atoms with van der Waals surface area (Å²) < 4.78 is 5.31. The van der Waals surface area contributed by atoms with E-state index in [2.05, 4.69) is 10.6 Å². The first-order valence-electron chi connectivity index (χ1n) is 7.20. The van der Waals surface area contributed by atoms with Gasteiger partial charge in [-0.15, -0.1) is 11.3 Å². The highest BCUT2D eigenvalue weighted by molar-refractivity contribution is 7.14. The van der Waals surface area contributed by atoms with Gasteiger partial charge in [0.05, 0.1) is 21.3 Å². The number of piperidine rings is 1. The van der Waals surface area contributed by atoms with Gasteiger partial charge >= 0.3 is 0 Å². The van der Waals surface area contributed by atoms with Crippen molar-refractivity contribution in [3.8, 4) is 0 Å². The molecule has 22 heavy (non-hydrogen) atoms. The summed E-state index contributed by atoms with van der Waals surface area (Å²) in [6.45, 7) is 4.58. The van der Waals surface area contributed by atoms with Crippen LogP contribution in [0.2, 0.25) is 0 Å². The molecule has 1 aromatic heterocycles.